The molecular formula is C23H30N2O3S. The van der Waals surface area contributed by atoms with Crippen LogP contribution >= 0.6 is 0 Å². The van der Waals surface area contributed by atoms with E-state index in [2.05, 4.69) is 11.4 Å². The average Bonchev–Trinajstić information content (AvgIpc) is 2.68. The Morgan fingerprint density at radius 1 is 1.10 bits per heavy atom. The second-order valence-electron chi connectivity index (χ2n) is 7.97. The van der Waals surface area contributed by atoms with Gasteiger partial charge in [-0.2, -0.15) is 0 Å². The summed E-state index contributed by atoms with van der Waals surface area (Å²) >= 11 is 0. The molecule has 6 heteroatoms. The first kappa shape index (κ1) is 21.5. The lowest BCUT2D eigenvalue weighted by Crippen LogP contribution is -2.44. The summed E-state index contributed by atoms with van der Waals surface area (Å²) in [5.41, 5.74) is 4.10. The molecule has 1 amide bonds. The summed E-state index contributed by atoms with van der Waals surface area (Å²) in [6.45, 7) is 4.76. The number of benzene rings is 2. The zero-order valence-electron chi connectivity index (χ0n) is 17.2. The van der Waals surface area contributed by atoms with Gasteiger partial charge in [-0.15, -0.1) is 0 Å². The molecule has 156 valence electrons. The van der Waals surface area contributed by atoms with Gasteiger partial charge in [0.25, 0.3) is 0 Å². The summed E-state index contributed by atoms with van der Waals surface area (Å²) in [6, 6.07) is 15.8. The highest BCUT2D eigenvalue weighted by Gasteiger charge is 2.32. The standard InChI is InChI=1S/C23H30N2O3S/c1-18-14-19(2)16-22(15-18)24-23(26)21-11-6-12-25(17-21)29(27,28)13-7-10-20-8-4-3-5-9-20/h3-5,8-9,14-16,21H,6-7,10-13,17H2,1-2H3,(H,24,26)/t21-/m0/s1. The molecule has 0 aromatic heterocycles. The van der Waals surface area contributed by atoms with Crippen LogP contribution in [-0.4, -0.2) is 37.5 Å². The Balaban J connectivity index is 1.56. The largest absolute Gasteiger partial charge is 0.326 e. The number of nitrogens with zero attached hydrogens (tertiary/aromatic N) is 1. The highest BCUT2D eigenvalue weighted by Crippen LogP contribution is 2.22. The summed E-state index contributed by atoms with van der Waals surface area (Å²) in [7, 11) is -3.35. The maximum Gasteiger partial charge on any atom is 0.228 e. The summed E-state index contributed by atoms with van der Waals surface area (Å²) in [5, 5.41) is 2.97. The van der Waals surface area contributed by atoms with E-state index in [4.69, 9.17) is 0 Å². The lowest BCUT2D eigenvalue weighted by molar-refractivity contribution is -0.120. The molecule has 1 atom stereocenters. The molecule has 1 N–H and O–H groups in total. The number of piperidine rings is 1. The van der Waals surface area contributed by atoms with Gasteiger partial charge < -0.3 is 5.32 Å². The van der Waals surface area contributed by atoms with Crippen LogP contribution in [0.15, 0.2) is 48.5 Å². The maximum absolute atomic E-state index is 12.8. The van der Waals surface area contributed by atoms with Crippen molar-refractivity contribution in [3.05, 3.63) is 65.2 Å². The van der Waals surface area contributed by atoms with E-state index in [9.17, 15) is 13.2 Å². The molecule has 1 aliphatic heterocycles. The first-order valence-electron chi connectivity index (χ1n) is 10.2. The van der Waals surface area contributed by atoms with Gasteiger partial charge in [-0.1, -0.05) is 36.4 Å². The fourth-order valence-corrected chi connectivity index (χ4v) is 5.51. The van der Waals surface area contributed by atoms with Crippen LogP contribution in [0.5, 0.6) is 0 Å². The molecule has 5 nitrogen and oxygen atoms in total. The van der Waals surface area contributed by atoms with Crippen molar-refractivity contribution in [1.82, 2.24) is 4.31 Å². The lowest BCUT2D eigenvalue weighted by Gasteiger charge is -2.31. The quantitative estimate of drug-likeness (QED) is 0.747. The van der Waals surface area contributed by atoms with Gasteiger partial charge in [0.1, 0.15) is 0 Å². The van der Waals surface area contributed by atoms with Crippen molar-refractivity contribution in [2.45, 2.75) is 39.5 Å². The van der Waals surface area contributed by atoms with Crippen molar-refractivity contribution in [1.29, 1.82) is 0 Å². The van der Waals surface area contributed by atoms with Crippen molar-refractivity contribution < 1.29 is 13.2 Å². The summed E-state index contributed by atoms with van der Waals surface area (Å²) < 4.78 is 27.1. The topological polar surface area (TPSA) is 66.5 Å². The Morgan fingerprint density at radius 2 is 1.79 bits per heavy atom. The molecule has 0 saturated carbocycles. The molecule has 1 aliphatic rings. The molecule has 2 aromatic rings. The van der Waals surface area contributed by atoms with E-state index in [0.717, 1.165) is 28.8 Å². The number of amides is 1. The Morgan fingerprint density at radius 3 is 2.48 bits per heavy atom. The monoisotopic (exact) mass is 414 g/mol. The maximum atomic E-state index is 12.8. The molecule has 1 heterocycles. The summed E-state index contributed by atoms with van der Waals surface area (Å²) in [6.07, 6.45) is 2.75. The van der Waals surface area contributed by atoms with Crippen LogP contribution in [0.4, 0.5) is 5.69 Å². The van der Waals surface area contributed by atoms with E-state index in [0.29, 0.717) is 25.8 Å². The molecule has 0 radical (unpaired) electrons. The fraction of sp³-hybridized carbons (Fsp3) is 0.435. The van der Waals surface area contributed by atoms with E-state index in [1.165, 1.54) is 4.31 Å². The minimum Gasteiger partial charge on any atom is -0.326 e. The third-order valence-corrected chi connectivity index (χ3v) is 7.27. The predicted octanol–water partition coefficient (Wildman–Crippen LogP) is 3.92. The third kappa shape index (κ3) is 6.15. The van der Waals surface area contributed by atoms with Crippen LogP contribution in [-0.2, 0) is 21.2 Å². The second kappa shape index (κ2) is 9.55. The van der Waals surface area contributed by atoms with Crippen molar-refractivity contribution in [3.8, 4) is 0 Å². The van der Waals surface area contributed by atoms with Gasteiger partial charge in [0.2, 0.25) is 15.9 Å². The number of hydrogen-bond acceptors (Lipinski definition) is 3. The number of rotatable bonds is 7. The number of aryl methyl sites for hydroxylation is 3. The van der Waals surface area contributed by atoms with Crippen LogP contribution in [0, 0.1) is 19.8 Å². The number of sulfonamides is 1. The summed E-state index contributed by atoms with van der Waals surface area (Å²) in [5.74, 6) is -0.291. The minimum atomic E-state index is -3.35. The Hall–Kier alpha value is -2.18. The highest BCUT2D eigenvalue weighted by atomic mass is 32.2. The van der Waals surface area contributed by atoms with Crippen molar-refractivity contribution in [2.75, 3.05) is 24.2 Å². The van der Waals surface area contributed by atoms with Gasteiger partial charge >= 0.3 is 0 Å². The molecule has 0 spiro atoms. The minimum absolute atomic E-state index is 0.0980. The molecule has 0 unspecified atom stereocenters. The van der Waals surface area contributed by atoms with Crippen LogP contribution < -0.4 is 5.32 Å². The molecule has 0 aliphatic carbocycles. The second-order valence-corrected chi connectivity index (χ2v) is 10.1. The van der Waals surface area contributed by atoms with Crippen LogP contribution in [0.3, 0.4) is 0 Å². The zero-order chi connectivity index (χ0) is 20.9. The van der Waals surface area contributed by atoms with Gasteiger partial charge in [-0.05, 0) is 68.4 Å². The predicted molar refractivity (Wildman–Crippen MR) is 117 cm³/mol. The lowest BCUT2D eigenvalue weighted by atomic mass is 9.98. The van der Waals surface area contributed by atoms with Crippen molar-refractivity contribution in [3.63, 3.8) is 0 Å². The van der Waals surface area contributed by atoms with E-state index in [1.807, 2.05) is 56.3 Å². The Labute approximate surface area is 174 Å². The van der Waals surface area contributed by atoms with Crippen LogP contribution in [0.25, 0.3) is 0 Å². The smallest absolute Gasteiger partial charge is 0.228 e. The van der Waals surface area contributed by atoms with Gasteiger partial charge in [-0.25, -0.2) is 12.7 Å². The van der Waals surface area contributed by atoms with Crippen molar-refractivity contribution in [2.24, 2.45) is 5.92 Å². The molecule has 2 aromatic carbocycles. The highest BCUT2D eigenvalue weighted by molar-refractivity contribution is 7.89. The summed E-state index contributed by atoms with van der Waals surface area (Å²) in [4.78, 5) is 12.7. The number of carbonyl (C=O) groups excluding carboxylic acids is 1. The first-order chi connectivity index (χ1) is 13.8. The molecule has 3 rings (SSSR count). The van der Waals surface area contributed by atoms with E-state index >= 15 is 0 Å². The SMILES string of the molecule is Cc1cc(C)cc(NC(=O)[C@H]2CCCN(S(=O)(=O)CCCc3ccccc3)C2)c1. The fourth-order valence-electron chi connectivity index (χ4n) is 3.93. The van der Waals surface area contributed by atoms with Crippen LogP contribution in [0.2, 0.25) is 0 Å². The normalized spacial score (nSPS) is 17.8. The Kier molecular flexibility index (Phi) is 7.09. The molecule has 29 heavy (non-hydrogen) atoms. The van der Waals surface area contributed by atoms with Crippen LogP contribution in [0.1, 0.15) is 36.0 Å². The van der Waals surface area contributed by atoms with Gasteiger partial charge in [0.15, 0.2) is 0 Å². The molecule has 0 bridgehead atoms. The van der Waals surface area contributed by atoms with Gasteiger partial charge in [-0.3, -0.25) is 4.79 Å². The molecular weight excluding hydrogens is 384 g/mol. The van der Waals surface area contributed by atoms with E-state index in [-0.39, 0.29) is 24.1 Å². The average molecular weight is 415 g/mol. The number of anilines is 1. The van der Waals surface area contributed by atoms with Gasteiger partial charge in [0, 0.05) is 18.8 Å². The zero-order valence-corrected chi connectivity index (χ0v) is 18.0. The number of carbonyl (C=O) groups is 1. The first-order valence-corrected chi connectivity index (χ1v) is 11.9. The van der Waals surface area contributed by atoms with Gasteiger partial charge in [0.05, 0.1) is 11.7 Å². The van der Waals surface area contributed by atoms with E-state index < -0.39 is 10.0 Å². The van der Waals surface area contributed by atoms with E-state index in [1.54, 1.807) is 0 Å². The third-order valence-electron chi connectivity index (χ3n) is 5.35. The number of nitrogens with one attached hydrogen (secondary N) is 1. The van der Waals surface area contributed by atoms with Crippen molar-refractivity contribution >= 4 is 21.6 Å². The number of hydrogen-bond donors (Lipinski definition) is 1. The molecule has 1 saturated heterocycles. The molecule has 1 fully saturated rings. The Bertz CT molecular complexity index is 922.